The standard InChI is InChI=1S/C27H35FN6O5/c1-16(30-2)26(37)34-12-11-20(32-27(38)31-19-6-4-5-18(28)14-19)15-23(34)25(36)33-22(24(29)35)13-17-7-9-21(39-3)10-8-17/h4-10,14,16,20,22-23,30H,11-13,15H2,1-3H3,(H2,29,35)(H,33,36)(H2,31,32,38). The number of benzene rings is 2. The molecule has 1 fully saturated rings. The average Bonchev–Trinajstić information content (AvgIpc) is 2.92. The number of hydrogen-bond donors (Lipinski definition) is 5. The van der Waals surface area contributed by atoms with Crippen LogP contribution in [0.3, 0.4) is 0 Å². The van der Waals surface area contributed by atoms with Crippen LogP contribution in [0.25, 0.3) is 0 Å². The van der Waals surface area contributed by atoms with Crippen LogP contribution in [0.4, 0.5) is 14.9 Å². The highest BCUT2D eigenvalue weighted by atomic mass is 19.1. The summed E-state index contributed by atoms with van der Waals surface area (Å²) >= 11 is 0. The lowest BCUT2D eigenvalue weighted by Crippen LogP contribution is -2.61. The molecule has 2 aromatic carbocycles. The summed E-state index contributed by atoms with van der Waals surface area (Å²) in [6.45, 7) is 1.89. The topological polar surface area (TPSA) is 155 Å². The molecule has 5 amide bonds. The minimum absolute atomic E-state index is 0.110. The van der Waals surface area contributed by atoms with Gasteiger partial charge in [-0.15, -0.1) is 0 Å². The molecule has 4 atom stereocenters. The lowest BCUT2D eigenvalue weighted by Gasteiger charge is -2.40. The van der Waals surface area contributed by atoms with Gasteiger partial charge in [-0.1, -0.05) is 18.2 Å². The molecule has 1 aliphatic rings. The van der Waals surface area contributed by atoms with Crippen molar-refractivity contribution >= 4 is 29.4 Å². The first-order chi connectivity index (χ1) is 18.6. The summed E-state index contributed by atoms with van der Waals surface area (Å²) in [6, 6.07) is 8.92. The van der Waals surface area contributed by atoms with Gasteiger partial charge in [0.05, 0.1) is 13.2 Å². The Hall–Kier alpha value is -4.19. The predicted octanol–water partition coefficient (Wildman–Crippen LogP) is 1.14. The Bertz CT molecular complexity index is 1180. The zero-order chi connectivity index (χ0) is 28.5. The van der Waals surface area contributed by atoms with Crippen LogP contribution in [0.2, 0.25) is 0 Å². The molecule has 39 heavy (non-hydrogen) atoms. The molecule has 11 nitrogen and oxygen atoms in total. The molecule has 0 bridgehead atoms. The van der Waals surface area contributed by atoms with Crippen LogP contribution < -0.4 is 31.7 Å². The van der Waals surface area contributed by atoms with Gasteiger partial charge in [0, 0.05) is 24.7 Å². The van der Waals surface area contributed by atoms with E-state index in [-0.39, 0.29) is 31.0 Å². The van der Waals surface area contributed by atoms with Crippen LogP contribution >= 0.6 is 0 Å². The maximum absolute atomic E-state index is 13.5. The summed E-state index contributed by atoms with van der Waals surface area (Å²) in [7, 11) is 3.18. The summed E-state index contributed by atoms with van der Waals surface area (Å²) in [6.07, 6.45) is 0.655. The van der Waals surface area contributed by atoms with Crippen molar-refractivity contribution in [1.82, 2.24) is 20.9 Å². The highest BCUT2D eigenvalue weighted by Gasteiger charge is 2.39. The number of ether oxygens (including phenoxy) is 1. The molecule has 210 valence electrons. The monoisotopic (exact) mass is 542 g/mol. The number of rotatable bonds is 10. The van der Waals surface area contributed by atoms with Gasteiger partial charge in [0.25, 0.3) is 0 Å². The van der Waals surface area contributed by atoms with Crippen molar-refractivity contribution < 1.29 is 28.3 Å². The number of carbonyl (C=O) groups is 4. The van der Waals surface area contributed by atoms with E-state index in [2.05, 4.69) is 21.3 Å². The van der Waals surface area contributed by atoms with Gasteiger partial charge in [0.2, 0.25) is 17.7 Å². The number of piperidine rings is 1. The largest absolute Gasteiger partial charge is 0.497 e. The van der Waals surface area contributed by atoms with E-state index in [4.69, 9.17) is 10.5 Å². The van der Waals surface area contributed by atoms with Gasteiger partial charge in [0.1, 0.15) is 23.7 Å². The zero-order valence-electron chi connectivity index (χ0n) is 22.2. The number of nitrogens with two attached hydrogens (primary N) is 1. The maximum Gasteiger partial charge on any atom is 0.319 e. The highest BCUT2D eigenvalue weighted by molar-refractivity contribution is 5.93. The van der Waals surface area contributed by atoms with E-state index in [0.29, 0.717) is 12.2 Å². The predicted molar refractivity (Wildman–Crippen MR) is 143 cm³/mol. The summed E-state index contributed by atoms with van der Waals surface area (Å²) in [5, 5.41) is 10.9. The van der Waals surface area contributed by atoms with Crippen molar-refractivity contribution in [2.24, 2.45) is 5.73 Å². The smallest absolute Gasteiger partial charge is 0.319 e. The number of carbonyl (C=O) groups excluding carboxylic acids is 4. The molecule has 1 aliphatic heterocycles. The van der Waals surface area contributed by atoms with Crippen molar-refractivity contribution in [2.75, 3.05) is 26.0 Å². The molecule has 0 spiro atoms. The summed E-state index contributed by atoms with van der Waals surface area (Å²) in [5.41, 5.74) is 6.63. The molecular weight excluding hydrogens is 507 g/mol. The molecule has 0 aromatic heterocycles. The van der Waals surface area contributed by atoms with Gasteiger partial charge in [0.15, 0.2) is 0 Å². The van der Waals surface area contributed by atoms with E-state index in [9.17, 15) is 23.6 Å². The lowest BCUT2D eigenvalue weighted by atomic mass is 9.95. The zero-order valence-corrected chi connectivity index (χ0v) is 22.2. The van der Waals surface area contributed by atoms with E-state index in [0.717, 1.165) is 5.56 Å². The normalized spacial score (nSPS) is 18.4. The fraction of sp³-hybridized carbons (Fsp3) is 0.407. The molecule has 12 heteroatoms. The molecule has 3 rings (SSSR count). The first-order valence-electron chi connectivity index (χ1n) is 12.6. The van der Waals surface area contributed by atoms with Crippen LogP contribution in [-0.4, -0.2) is 73.5 Å². The van der Waals surface area contributed by atoms with Gasteiger partial charge in [-0.3, -0.25) is 14.4 Å². The second-order valence-electron chi connectivity index (χ2n) is 9.40. The van der Waals surface area contributed by atoms with Gasteiger partial charge in [-0.2, -0.15) is 0 Å². The lowest BCUT2D eigenvalue weighted by molar-refractivity contribution is -0.144. The van der Waals surface area contributed by atoms with Crippen molar-refractivity contribution in [2.45, 2.75) is 50.4 Å². The second kappa shape index (κ2) is 13.6. The fourth-order valence-corrected chi connectivity index (χ4v) is 4.39. The number of methoxy groups -OCH3 is 1. The number of likely N-dealkylation sites (tertiary alicyclic amines) is 1. The van der Waals surface area contributed by atoms with Gasteiger partial charge in [-0.05, 0) is 62.7 Å². The molecule has 4 unspecified atom stereocenters. The molecular formula is C27H35FN6O5. The number of hydrogen-bond acceptors (Lipinski definition) is 6. The van der Waals surface area contributed by atoms with Crippen molar-refractivity contribution in [3.8, 4) is 5.75 Å². The third kappa shape index (κ3) is 8.14. The number of nitrogens with one attached hydrogen (secondary N) is 4. The Morgan fingerprint density at radius 1 is 1.15 bits per heavy atom. The molecule has 6 N–H and O–H groups in total. The van der Waals surface area contributed by atoms with Crippen molar-refractivity contribution in [3.63, 3.8) is 0 Å². The SMILES string of the molecule is CNC(C)C(=O)N1CCC(NC(=O)Nc2cccc(F)c2)CC1C(=O)NC(Cc1ccc(OC)cc1)C(N)=O. The number of anilines is 1. The Kier molecular flexibility index (Phi) is 10.2. The number of likely N-dealkylation sites (N-methyl/N-ethyl adjacent to an activating group) is 1. The van der Waals surface area contributed by atoms with Crippen LogP contribution in [0.15, 0.2) is 48.5 Å². The molecule has 1 saturated heterocycles. The number of primary amides is 1. The number of halogens is 1. The molecule has 0 saturated carbocycles. The number of nitrogens with zero attached hydrogens (tertiary/aromatic N) is 1. The quantitative estimate of drug-likeness (QED) is 0.303. The Morgan fingerprint density at radius 2 is 1.87 bits per heavy atom. The van der Waals surface area contributed by atoms with E-state index in [1.807, 2.05) is 0 Å². The Morgan fingerprint density at radius 3 is 2.49 bits per heavy atom. The van der Waals surface area contributed by atoms with Gasteiger partial charge >= 0.3 is 6.03 Å². The third-order valence-corrected chi connectivity index (χ3v) is 6.67. The van der Waals surface area contributed by atoms with Gasteiger partial charge < -0.3 is 36.6 Å². The average molecular weight is 543 g/mol. The van der Waals surface area contributed by atoms with Crippen molar-refractivity contribution in [1.29, 1.82) is 0 Å². The molecule has 2 aromatic rings. The van der Waals surface area contributed by atoms with E-state index in [1.165, 1.54) is 23.1 Å². The first kappa shape index (κ1) is 29.4. The minimum Gasteiger partial charge on any atom is -0.497 e. The van der Waals surface area contributed by atoms with E-state index < -0.39 is 47.8 Å². The van der Waals surface area contributed by atoms with Crippen LogP contribution in [0.5, 0.6) is 5.75 Å². The van der Waals surface area contributed by atoms with Crippen LogP contribution in [0.1, 0.15) is 25.3 Å². The van der Waals surface area contributed by atoms with Crippen molar-refractivity contribution in [3.05, 3.63) is 59.9 Å². The highest BCUT2D eigenvalue weighted by Crippen LogP contribution is 2.21. The number of amides is 5. The van der Waals surface area contributed by atoms with Crippen LogP contribution in [-0.2, 0) is 20.8 Å². The Balaban J connectivity index is 1.73. The molecule has 1 heterocycles. The molecule has 0 aliphatic carbocycles. The van der Waals surface area contributed by atoms with Gasteiger partial charge in [-0.25, -0.2) is 9.18 Å². The third-order valence-electron chi connectivity index (χ3n) is 6.67. The first-order valence-corrected chi connectivity index (χ1v) is 12.6. The fourth-order valence-electron chi connectivity index (χ4n) is 4.39. The second-order valence-corrected chi connectivity index (χ2v) is 9.40. The maximum atomic E-state index is 13.5. The summed E-state index contributed by atoms with van der Waals surface area (Å²) in [5.74, 6) is -1.41. The summed E-state index contributed by atoms with van der Waals surface area (Å²) < 4.78 is 18.6. The summed E-state index contributed by atoms with van der Waals surface area (Å²) in [4.78, 5) is 52.7. The van der Waals surface area contributed by atoms with Crippen LogP contribution in [0, 0.1) is 5.82 Å². The molecule has 0 radical (unpaired) electrons. The number of urea groups is 1. The minimum atomic E-state index is -1.02. The Labute approximate surface area is 226 Å². The van der Waals surface area contributed by atoms with E-state index >= 15 is 0 Å². The van der Waals surface area contributed by atoms with E-state index in [1.54, 1.807) is 51.4 Å².